The van der Waals surface area contributed by atoms with Crippen LogP contribution in [0.15, 0.2) is 160 Å². The van der Waals surface area contributed by atoms with Crippen molar-refractivity contribution in [3.8, 4) is 11.1 Å². The monoisotopic (exact) mass is 2270 g/mol. The van der Waals surface area contributed by atoms with Crippen LogP contribution in [-0.4, -0.2) is 213 Å². The number of halogens is 14. The fourth-order valence-corrected chi connectivity index (χ4v) is 16.9. The van der Waals surface area contributed by atoms with Crippen molar-refractivity contribution >= 4 is 183 Å². The van der Waals surface area contributed by atoms with Crippen LogP contribution >= 0.6 is 91.0 Å². The molecule has 2 amide bonds. The van der Waals surface area contributed by atoms with Gasteiger partial charge in [0.2, 0.25) is 0 Å². The molecule has 0 radical (unpaired) electrons. The van der Waals surface area contributed by atoms with Crippen molar-refractivity contribution in [1.82, 2.24) is 98.8 Å². The number of aromatic amines is 1. The molecule has 730 valence electrons. The highest BCUT2D eigenvalue weighted by Crippen LogP contribution is 2.39. The number of aliphatic hydroxyl groups excluding tert-OH is 1. The van der Waals surface area contributed by atoms with E-state index in [4.69, 9.17) is 49.1 Å². The van der Waals surface area contributed by atoms with Gasteiger partial charge in [0.1, 0.15) is 87.3 Å². The highest BCUT2D eigenvalue weighted by molar-refractivity contribution is 14.1. The number of anilines is 4. The number of nitrogens with two attached hydrogens (primary N) is 2. The third kappa shape index (κ3) is 30.4. The van der Waals surface area contributed by atoms with Crippen LogP contribution < -0.4 is 38.2 Å². The molecule has 0 saturated carbocycles. The van der Waals surface area contributed by atoms with E-state index in [-0.39, 0.29) is 54.5 Å². The maximum Gasteiger partial charge on any atom is 0.494 e. The summed E-state index contributed by atoms with van der Waals surface area (Å²) in [6, 6.07) is 23.8. The molecule has 0 unspecified atom stereocenters. The zero-order chi connectivity index (χ0) is 100.0. The second-order valence-electron chi connectivity index (χ2n) is 33.9. The number of aryl methyl sites for hydroxylation is 4. The van der Waals surface area contributed by atoms with Crippen molar-refractivity contribution in [3.05, 3.63) is 248 Å². The van der Waals surface area contributed by atoms with Crippen molar-refractivity contribution in [2.24, 2.45) is 0 Å². The van der Waals surface area contributed by atoms with Gasteiger partial charge in [0.15, 0.2) is 11.6 Å². The normalized spacial score (nSPS) is 12.8. The molecule has 11 heterocycles. The van der Waals surface area contributed by atoms with Gasteiger partial charge in [-0.1, -0.05) is 89.9 Å². The average molecular weight is 2270 g/mol. The second kappa shape index (κ2) is 49.5. The summed E-state index contributed by atoms with van der Waals surface area (Å²) in [6.07, 6.45) is 9.87. The lowest BCUT2D eigenvalue weighted by Crippen LogP contribution is -2.41. The van der Waals surface area contributed by atoms with Gasteiger partial charge in [-0.2, -0.15) is 26.3 Å². The number of nitrogens with one attached hydrogen (secondary N) is 5. The first kappa shape index (κ1) is 109. The highest BCUT2D eigenvalue weighted by atomic mass is 127. The molecular formula is C93H107BCl2F9I3N24O5. The summed E-state index contributed by atoms with van der Waals surface area (Å²) >= 11 is 18.6. The van der Waals surface area contributed by atoms with E-state index >= 15 is 0 Å². The number of benzene rings is 4. The van der Waals surface area contributed by atoms with E-state index < -0.39 is 71.1 Å². The van der Waals surface area contributed by atoms with E-state index in [1.165, 1.54) is 37.4 Å². The molecule has 10 N–H and O–H groups in total. The van der Waals surface area contributed by atoms with Gasteiger partial charge in [-0.15, -0.1) is 0 Å². The zero-order valence-electron chi connectivity index (χ0n) is 77.5. The molecule has 15 rings (SSSR count). The van der Waals surface area contributed by atoms with Crippen LogP contribution in [0.2, 0.25) is 10.3 Å². The molecule has 0 aliphatic carbocycles. The van der Waals surface area contributed by atoms with Crippen LogP contribution in [0, 0.1) is 35.1 Å². The van der Waals surface area contributed by atoms with E-state index in [2.05, 4.69) is 218 Å². The predicted molar refractivity (Wildman–Crippen MR) is 544 cm³/mol. The minimum Gasteiger partial charge on any atom is -0.399 e. The number of nitrogen functional groups attached to an aromatic ring is 2. The molecule has 10 aromatic heterocycles. The minimum atomic E-state index is -4.72. The molecule has 44 heteroatoms. The van der Waals surface area contributed by atoms with Crippen LogP contribution in [-0.2, 0) is 67.5 Å². The summed E-state index contributed by atoms with van der Waals surface area (Å²) in [6.45, 7) is 16.4. The number of fused-ring (bicyclic) bond motifs is 4. The highest BCUT2D eigenvalue weighted by Gasteiger charge is 2.52. The largest absolute Gasteiger partial charge is 0.494 e. The van der Waals surface area contributed by atoms with E-state index in [0.29, 0.717) is 58.1 Å². The van der Waals surface area contributed by atoms with Crippen LogP contribution in [0.5, 0.6) is 0 Å². The lowest BCUT2D eigenvalue weighted by molar-refractivity contribution is -0.138. The summed E-state index contributed by atoms with van der Waals surface area (Å²) in [7, 11) is 15.8. The van der Waals surface area contributed by atoms with Gasteiger partial charge in [-0.05, 0) is 280 Å². The Hall–Kier alpha value is -10.3. The van der Waals surface area contributed by atoms with Gasteiger partial charge in [0.25, 0.3) is 11.8 Å². The second-order valence-corrected chi connectivity index (χ2v) is 38.1. The number of hydrogen-bond acceptors (Lipinski definition) is 23. The van der Waals surface area contributed by atoms with Crippen molar-refractivity contribution < 1.29 is 63.5 Å². The first-order valence-corrected chi connectivity index (χ1v) is 47.0. The number of amides is 2. The van der Waals surface area contributed by atoms with Gasteiger partial charge in [0.05, 0.1) is 55.0 Å². The number of rotatable bonds is 29. The van der Waals surface area contributed by atoms with Crippen molar-refractivity contribution in [3.63, 3.8) is 0 Å². The van der Waals surface area contributed by atoms with E-state index in [0.717, 1.165) is 172 Å². The number of carbonyl (C=O) groups excluding carboxylic acids is 2. The first-order chi connectivity index (χ1) is 64.8. The summed E-state index contributed by atoms with van der Waals surface area (Å²) in [5.74, 6) is -3.39. The summed E-state index contributed by atoms with van der Waals surface area (Å²) in [5, 5.41) is 23.8. The van der Waals surface area contributed by atoms with Gasteiger partial charge in [0, 0.05) is 106 Å². The van der Waals surface area contributed by atoms with Crippen LogP contribution in [0.25, 0.3) is 55.3 Å². The predicted octanol–water partition coefficient (Wildman–Crippen LogP) is 17.6. The smallest absolute Gasteiger partial charge is 0.399 e. The van der Waals surface area contributed by atoms with Gasteiger partial charge < -0.3 is 85.4 Å². The van der Waals surface area contributed by atoms with Crippen LogP contribution in [0.1, 0.15) is 113 Å². The van der Waals surface area contributed by atoms with E-state index in [1.807, 2.05) is 105 Å². The number of aliphatic hydroxyl groups is 1. The standard InChI is InChI=1S/C33H34F4N8O.C27H27BF5N3O3.C11H14ClIN4.C11H16IN5.C6H3ClIN3.C5H13NO/c1-20-5-6-22(13-27(20)34)16-41-32(46)25-14-24(33(35,36)37)17-40-30(25)39-15-21-7-9-23(10-8-21)26-18-45(12-4-11-44(2)3)31-28(26)29(38)42-19-43-31;1-25(2)26(3,4)39-28(38-25)19-8-5-16(6-9-19)13-34-23-20(12-18(15-35-23)27(31,32)33)24(37)36-14-17-7-10-21(29)22(30)11-17;1-16(2)4-3-5-17-6-8(13)9-10(12)14-7-15-11(9)17;1-16(2)4-3-5-17-6-8(12)9-10(13)14-7-15-11(9)17;7-5-4-3(8)1-9-6(4)11-2-10-5;1-6(2)4-3-5-7/h5-10,13-14,17-19H,4,11-12,15-16H2,1-3H3,(H,39,40)(H,41,46)(H2,38,42,43);5-12,15H,13-14H2,1-4H3,(H,34,35)(H,36,37);6-7H,3-5H2,1-2H3;6-7H,3-5H2,1-2H3,(H2,13,14,15);1-2H,(H,9,10,11);7H,3-5H2,1-2H3. The minimum absolute atomic E-state index is 0.0182. The number of alkyl halides is 6. The molecule has 29 nitrogen and oxygen atoms in total. The summed E-state index contributed by atoms with van der Waals surface area (Å²) < 4.78 is 143. The molecule has 0 spiro atoms. The Bertz CT molecular complexity index is 6300. The van der Waals surface area contributed by atoms with Crippen LogP contribution in [0.4, 0.5) is 62.8 Å². The van der Waals surface area contributed by atoms with E-state index in [1.54, 1.807) is 31.2 Å². The third-order valence-electron chi connectivity index (χ3n) is 21.8. The number of aromatic nitrogens is 14. The molecule has 14 aromatic rings. The average Bonchev–Trinajstić information content (AvgIpc) is 1.63. The maximum absolute atomic E-state index is 13.9. The Morgan fingerprint density at radius 2 is 0.898 bits per heavy atom. The van der Waals surface area contributed by atoms with Crippen molar-refractivity contribution in [2.45, 2.75) is 130 Å². The topological polar surface area (TPSA) is 345 Å². The molecule has 1 saturated heterocycles. The number of nitrogens with zero attached hydrogens (tertiary/aromatic N) is 17. The Balaban J connectivity index is 0.000000188. The van der Waals surface area contributed by atoms with Crippen molar-refractivity contribution in [1.29, 1.82) is 0 Å². The van der Waals surface area contributed by atoms with Crippen molar-refractivity contribution in [2.75, 3.05) is 111 Å². The lowest BCUT2D eigenvalue weighted by Gasteiger charge is -2.32. The Morgan fingerprint density at radius 3 is 1.35 bits per heavy atom. The fourth-order valence-electron chi connectivity index (χ4n) is 13.7. The first-order valence-electron chi connectivity index (χ1n) is 43.0. The zero-order valence-corrected chi connectivity index (χ0v) is 85.5. The summed E-state index contributed by atoms with van der Waals surface area (Å²) in [5.41, 5.74) is 17.0. The van der Waals surface area contributed by atoms with Gasteiger partial charge in [-0.3, -0.25) is 9.59 Å². The Morgan fingerprint density at radius 1 is 0.489 bits per heavy atom. The van der Waals surface area contributed by atoms with Crippen LogP contribution in [0.3, 0.4) is 0 Å². The quantitative estimate of drug-likeness (QED) is 0.00934. The summed E-state index contributed by atoms with van der Waals surface area (Å²) in [4.78, 5) is 78.3. The molecule has 137 heavy (non-hydrogen) atoms. The van der Waals surface area contributed by atoms with Gasteiger partial charge in [-0.25, -0.2) is 63.0 Å². The molecular weight excluding hydrogens is 2170 g/mol. The molecule has 4 aromatic carbocycles. The Kier molecular flexibility index (Phi) is 39.3. The third-order valence-corrected chi connectivity index (χ3v) is 24.8. The number of pyridine rings is 2. The van der Waals surface area contributed by atoms with Gasteiger partial charge >= 0.3 is 19.5 Å². The molecule has 1 aliphatic heterocycles. The molecule has 0 atom stereocenters. The molecule has 1 aliphatic rings. The van der Waals surface area contributed by atoms with E-state index in [9.17, 15) is 49.1 Å². The molecule has 1 fully saturated rings. The molecule has 0 bridgehead atoms. The number of H-pyrrole nitrogens is 1. The fraction of sp³-hybridized carbons (Fsp3) is 0.355. The Labute approximate surface area is 838 Å². The number of carbonyl (C=O) groups is 2. The maximum atomic E-state index is 13.9. The SMILES string of the molecule is CC1(C)OB(c2ccc(CNc3ncc(C(F)(F)F)cc3C(=O)NCc3ccc(F)c(F)c3)cc2)OC1(C)C.CN(C)CCCO.CN(C)CCCn1cc(I)c2c(Cl)ncnc21.CN(C)CCCn1cc(I)c2c(N)ncnc21.Cc1ccc(CNC(=O)c2cc(C(F)(F)F)cnc2NCc2ccc(-c3cn(CCCN(C)C)c4ncnc(N)c34)cc2)cc1F.Clc1ncnc2[nH]cc(I)c12. The lowest BCUT2D eigenvalue weighted by atomic mass is 9.79. The number of hydrogen-bond donors (Lipinski definition) is 8.